The Morgan fingerprint density at radius 3 is 2.67 bits per heavy atom. The first kappa shape index (κ1) is 21.6. The number of rotatable bonds is 4. The Hall–Kier alpha value is -1.70. The van der Waals surface area contributed by atoms with Crippen LogP contribution in [0.3, 0.4) is 0 Å². The van der Waals surface area contributed by atoms with Gasteiger partial charge in [-0.2, -0.15) is 13.2 Å². The van der Waals surface area contributed by atoms with Crippen LogP contribution in [0, 0.1) is 5.92 Å². The summed E-state index contributed by atoms with van der Waals surface area (Å²) in [5.41, 5.74) is -1.46. The number of hydrogen-bond donors (Lipinski definition) is 0. The zero-order valence-electron chi connectivity index (χ0n) is 15.6. The van der Waals surface area contributed by atoms with Crippen molar-refractivity contribution in [1.29, 1.82) is 0 Å². The highest BCUT2D eigenvalue weighted by molar-refractivity contribution is 6.31. The topological polar surface area (TPSA) is 51.7 Å². The molecular weight excluding hydrogens is 385 g/mol. The lowest BCUT2D eigenvalue weighted by atomic mass is 9.95. The molecule has 1 aromatic heterocycles. The highest BCUT2D eigenvalue weighted by atomic mass is 35.5. The molecule has 9 heteroatoms. The Balaban J connectivity index is 1.84. The van der Waals surface area contributed by atoms with Crippen LogP contribution in [0.25, 0.3) is 0 Å². The normalized spacial score (nSPS) is 18.3. The van der Waals surface area contributed by atoms with Gasteiger partial charge in [0.1, 0.15) is 10.6 Å². The van der Waals surface area contributed by atoms with Gasteiger partial charge in [0.05, 0.1) is 12.2 Å². The van der Waals surface area contributed by atoms with E-state index in [1.54, 1.807) is 4.90 Å². The van der Waals surface area contributed by atoms with Gasteiger partial charge in [0, 0.05) is 19.3 Å². The van der Waals surface area contributed by atoms with Gasteiger partial charge in [-0.3, -0.25) is 0 Å². The summed E-state index contributed by atoms with van der Waals surface area (Å²) in [7, 11) is 0. The Kier molecular flexibility index (Phi) is 6.83. The van der Waals surface area contributed by atoms with Gasteiger partial charge in [0.2, 0.25) is 5.88 Å². The molecule has 1 aromatic rings. The van der Waals surface area contributed by atoms with E-state index in [-0.39, 0.29) is 29.5 Å². The van der Waals surface area contributed by atoms with Crippen LogP contribution in [0.5, 0.6) is 5.88 Å². The fourth-order valence-corrected chi connectivity index (χ4v) is 3.02. The first-order valence-corrected chi connectivity index (χ1v) is 9.17. The first-order chi connectivity index (χ1) is 12.5. The van der Waals surface area contributed by atoms with Gasteiger partial charge in [-0.1, -0.05) is 11.6 Å². The zero-order valence-corrected chi connectivity index (χ0v) is 16.4. The summed E-state index contributed by atoms with van der Waals surface area (Å²) in [6.07, 6.45) is -1.69. The minimum atomic E-state index is -4.50. The van der Waals surface area contributed by atoms with E-state index in [0.29, 0.717) is 25.7 Å². The molecule has 0 aromatic carbocycles. The fraction of sp³-hybridized carbons (Fsp3) is 0.667. The van der Waals surface area contributed by atoms with Crippen LogP contribution in [-0.2, 0) is 10.9 Å². The molecule has 0 unspecified atom stereocenters. The van der Waals surface area contributed by atoms with Crippen LogP contribution in [-0.4, -0.2) is 41.3 Å². The third-order valence-electron chi connectivity index (χ3n) is 4.07. The SMILES string of the molecule is CC(C)(C)OC(=O)N1CCC[C@H](CCOc2ncc(C(F)(F)F)cc2Cl)C1. The number of ether oxygens (including phenoxy) is 2. The number of hydrogen-bond acceptors (Lipinski definition) is 4. The van der Waals surface area contributed by atoms with E-state index < -0.39 is 17.3 Å². The molecular formula is C18H24ClF3N2O3. The molecule has 1 atom stereocenters. The molecule has 0 saturated carbocycles. The number of likely N-dealkylation sites (tertiary alicyclic amines) is 1. The van der Waals surface area contributed by atoms with E-state index in [2.05, 4.69) is 4.98 Å². The maximum Gasteiger partial charge on any atom is 0.417 e. The fourth-order valence-electron chi connectivity index (χ4n) is 2.80. The molecule has 0 radical (unpaired) electrons. The maximum absolute atomic E-state index is 12.6. The third-order valence-corrected chi connectivity index (χ3v) is 4.34. The van der Waals surface area contributed by atoms with Crippen molar-refractivity contribution in [2.24, 2.45) is 5.92 Å². The Morgan fingerprint density at radius 1 is 1.37 bits per heavy atom. The van der Waals surface area contributed by atoms with Gasteiger partial charge in [-0.25, -0.2) is 9.78 Å². The summed E-state index contributed by atoms with van der Waals surface area (Å²) in [6.45, 7) is 6.93. The van der Waals surface area contributed by atoms with E-state index in [9.17, 15) is 18.0 Å². The molecule has 27 heavy (non-hydrogen) atoms. The van der Waals surface area contributed by atoms with Crippen molar-refractivity contribution in [3.05, 3.63) is 22.8 Å². The number of carbonyl (C=O) groups is 1. The summed E-state index contributed by atoms with van der Waals surface area (Å²) >= 11 is 5.83. The summed E-state index contributed by atoms with van der Waals surface area (Å²) in [6, 6.07) is 0.800. The molecule has 0 N–H and O–H groups in total. The van der Waals surface area contributed by atoms with E-state index in [1.807, 2.05) is 20.8 Å². The van der Waals surface area contributed by atoms with Crippen LogP contribution >= 0.6 is 11.6 Å². The summed E-state index contributed by atoms with van der Waals surface area (Å²) < 4.78 is 48.7. The number of alkyl halides is 3. The molecule has 2 rings (SSSR count). The van der Waals surface area contributed by atoms with E-state index >= 15 is 0 Å². The number of piperidine rings is 1. The molecule has 1 aliphatic rings. The maximum atomic E-state index is 12.6. The molecule has 1 saturated heterocycles. The highest BCUT2D eigenvalue weighted by Gasteiger charge is 2.32. The lowest BCUT2D eigenvalue weighted by molar-refractivity contribution is -0.137. The van der Waals surface area contributed by atoms with Gasteiger partial charge in [0.15, 0.2) is 0 Å². The molecule has 2 heterocycles. The number of amides is 1. The zero-order chi connectivity index (χ0) is 20.2. The molecule has 0 spiro atoms. The molecule has 0 aliphatic carbocycles. The number of pyridine rings is 1. The minimum Gasteiger partial charge on any atom is -0.477 e. The molecule has 0 bridgehead atoms. The third kappa shape index (κ3) is 6.75. The highest BCUT2D eigenvalue weighted by Crippen LogP contribution is 2.33. The second-order valence-electron chi connectivity index (χ2n) is 7.58. The van der Waals surface area contributed by atoms with Crippen LogP contribution in [0.2, 0.25) is 5.02 Å². The van der Waals surface area contributed by atoms with Gasteiger partial charge in [0.25, 0.3) is 0 Å². The van der Waals surface area contributed by atoms with Crippen LogP contribution in [0.4, 0.5) is 18.0 Å². The quantitative estimate of drug-likeness (QED) is 0.689. The number of carbonyl (C=O) groups excluding carboxylic acids is 1. The van der Waals surface area contributed by atoms with Gasteiger partial charge >= 0.3 is 12.3 Å². The molecule has 1 aliphatic heterocycles. The van der Waals surface area contributed by atoms with Crippen LogP contribution < -0.4 is 4.74 Å². The largest absolute Gasteiger partial charge is 0.477 e. The van der Waals surface area contributed by atoms with Crippen molar-refractivity contribution in [2.45, 2.75) is 51.8 Å². The lowest BCUT2D eigenvalue weighted by Gasteiger charge is -2.34. The van der Waals surface area contributed by atoms with E-state index in [1.165, 1.54) is 0 Å². The lowest BCUT2D eigenvalue weighted by Crippen LogP contribution is -2.43. The van der Waals surface area contributed by atoms with Crippen molar-refractivity contribution in [3.8, 4) is 5.88 Å². The standard InChI is InChI=1S/C18H24ClF3N2O3/c1-17(2,3)27-16(25)24-7-4-5-12(11-24)6-8-26-15-14(19)9-13(10-23-15)18(20,21)22/h9-10,12H,4-8,11H2,1-3H3/t12-/m1/s1. The molecule has 1 amide bonds. The molecule has 152 valence electrons. The van der Waals surface area contributed by atoms with Crippen LogP contribution in [0.1, 0.15) is 45.6 Å². The Morgan fingerprint density at radius 2 is 2.07 bits per heavy atom. The average molecular weight is 409 g/mol. The predicted molar refractivity (Wildman–Crippen MR) is 94.9 cm³/mol. The summed E-state index contributed by atoms with van der Waals surface area (Å²) in [5.74, 6) is 0.198. The first-order valence-electron chi connectivity index (χ1n) is 8.79. The van der Waals surface area contributed by atoms with Crippen molar-refractivity contribution >= 4 is 17.7 Å². The van der Waals surface area contributed by atoms with Gasteiger partial charge < -0.3 is 14.4 Å². The van der Waals surface area contributed by atoms with Crippen LogP contribution in [0.15, 0.2) is 12.3 Å². The number of nitrogens with zero attached hydrogens (tertiary/aromatic N) is 2. The van der Waals surface area contributed by atoms with E-state index in [4.69, 9.17) is 21.1 Å². The van der Waals surface area contributed by atoms with Gasteiger partial charge in [-0.15, -0.1) is 0 Å². The van der Waals surface area contributed by atoms with Crippen molar-refractivity contribution in [1.82, 2.24) is 9.88 Å². The second-order valence-corrected chi connectivity index (χ2v) is 7.99. The number of aromatic nitrogens is 1. The van der Waals surface area contributed by atoms with E-state index in [0.717, 1.165) is 18.9 Å². The van der Waals surface area contributed by atoms with Crippen molar-refractivity contribution in [3.63, 3.8) is 0 Å². The Labute approximate surface area is 161 Å². The summed E-state index contributed by atoms with van der Waals surface area (Å²) in [4.78, 5) is 17.5. The number of halogens is 4. The average Bonchev–Trinajstić information content (AvgIpc) is 2.54. The van der Waals surface area contributed by atoms with Gasteiger partial charge in [-0.05, 0) is 52.0 Å². The smallest absolute Gasteiger partial charge is 0.417 e. The van der Waals surface area contributed by atoms with Crippen molar-refractivity contribution < 1.29 is 27.4 Å². The molecule has 5 nitrogen and oxygen atoms in total. The monoisotopic (exact) mass is 408 g/mol. The molecule has 1 fully saturated rings. The minimum absolute atomic E-state index is 0.0236. The second kappa shape index (κ2) is 8.54. The van der Waals surface area contributed by atoms with Crippen molar-refractivity contribution in [2.75, 3.05) is 19.7 Å². The predicted octanol–water partition coefficient (Wildman–Crippen LogP) is 5.17. The Bertz CT molecular complexity index is 662. The summed E-state index contributed by atoms with van der Waals surface area (Å²) in [5, 5.41) is -0.177.